The van der Waals surface area contributed by atoms with Crippen molar-refractivity contribution in [2.75, 3.05) is 4.90 Å². The third-order valence-corrected chi connectivity index (χ3v) is 12.3. The number of aryl methyl sites for hydroxylation is 1. The summed E-state index contributed by atoms with van der Waals surface area (Å²) < 4.78 is 6.31. The highest BCUT2D eigenvalue weighted by molar-refractivity contribution is 5.90. The number of anilines is 3. The zero-order chi connectivity index (χ0) is 42.1. The Kier molecular flexibility index (Phi) is 9.80. The second-order valence-electron chi connectivity index (χ2n) is 16.2. The van der Waals surface area contributed by atoms with E-state index in [4.69, 9.17) is 4.42 Å². The van der Waals surface area contributed by atoms with E-state index in [-0.39, 0.29) is 0 Å². The Labute approximate surface area is 368 Å². The van der Waals surface area contributed by atoms with Crippen LogP contribution in [0.4, 0.5) is 17.1 Å². The molecule has 0 atom stereocenters. The van der Waals surface area contributed by atoms with Crippen molar-refractivity contribution < 1.29 is 4.42 Å². The Balaban J connectivity index is 0.906. The van der Waals surface area contributed by atoms with Crippen molar-refractivity contribution in [3.63, 3.8) is 0 Å². The van der Waals surface area contributed by atoms with Gasteiger partial charge >= 0.3 is 0 Å². The van der Waals surface area contributed by atoms with Gasteiger partial charge in [0.05, 0.1) is 0 Å². The molecule has 0 bridgehead atoms. The maximum atomic E-state index is 6.31. The molecule has 1 heterocycles. The Morgan fingerprint density at radius 2 is 0.730 bits per heavy atom. The average molecular weight is 806 g/mol. The molecule has 0 spiro atoms. The molecule has 0 saturated heterocycles. The van der Waals surface area contributed by atoms with Gasteiger partial charge in [-0.15, -0.1) is 0 Å². The smallest absolute Gasteiger partial charge is 0.138 e. The topological polar surface area (TPSA) is 16.4 Å². The fraction of sp³-hybridized carbons (Fsp3) is 0.0164. The molecule has 0 saturated carbocycles. The molecule has 2 heteroatoms. The maximum absolute atomic E-state index is 6.31. The number of fused-ring (bicyclic) bond motifs is 2. The van der Waals surface area contributed by atoms with E-state index in [2.05, 4.69) is 242 Å². The van der Waals surface area contributed by atoms with Gasteiger partial charge in [-0.1, -0.05) is 188 Å². The molecule has 0 radical (unpaired) electrons. The van der Waals surface area contributed by atoms with Crippen LogP contribution in [0.3, 0.4) is 0 Å². The van der Waals surface area contributed by atoms with Gasteiger partial charge in [0.25, 0.3) is 0 Å². The number of para-hydroxylation sites is 1. The first-order valence-electron chi connectivity index (χ1n) is 21.6. The molecular formula is C61H43NO. The molecule has 0 aliphatic carbocycles. The zero-order valence-corrected chi connectivity index (χ0v) is 34.9. The van der Waals surface area contributed by atoms with Crippen LogP contribution >= 0.6 is 0 Å². The molecule has 11 rings (SSSR count). The van der Waals surface area contributed by atoms with Crippen LogP contribution in [0.5, 0.6) is 0 Å². The van der Waals surface area contributed by atoms with Crippen LogP contribution in [0.2, 0.25) is 0 Å². The molecule has 0 amide bonds. The van der Waals surface area contributed by atoms with Gasteiger partial charge in [-0.25, -0.2) is 0 Å². The van der Waals surface area contributed by atoms with Gasteiger partial charge < -0.3 is 9.32 Å². The predicted octanol–water partition coefficient (Wildman–Crippen LogP) is 17.4. The lowest BCUT2D eigenvalue weighted by atomic mass is 9.94. The maximum Gasteiger partial charge on any atom is 0.138 e. The van der Waals surface area contributed by atoms with E-state index >= 15 is 0 Å². The summed E-state index contributed by atoms with van der Waals surface area (Å²) in [5, 5.41) is 3.65. The summed E-state index contributed by atoms with van der Waals surface area (Å²) in [4.78, 5) is 2.35. The van der Waals surface area contributed by atoms with Gasteiger partial charge in [0.1, 0.15) is 11.3 Å². The Bertz CT molecular complexity index is 3360. The summed E-state index contributed by atoms with van der Waals surface area (Å²) >= 11 is 0. The molecule has 0 N–H and O–H groups in total. The molecule has 298 valence electrons. The fourth-order valence-corrected chi connectivity index (χ4v) is 8.96. The minimum atomic E-state index is 0.919. The molecule has 63 heavy (non-hydrogen) atoms. The first-order chi connectivity index (χ1) is 31.1. The second-order valence-corrected chi connectivity index (χ2v) is 16.2. The van der Waals surface area contributed by atoms with Crippen molar-refractivity contribution in [1.82, 2.24) is 0 Å². The lowest BCUT2D eigenvalue weighted by Crippen LogP contribution is -2.09. The number of nitrogens with zero attached hydrogens (tertiary/aromatic N) is 1. The second kappa shape index (κ2) is 16.3. The first-order valence-corrected chi connectivity index (χ1v) is 21.6. The molecule has 0 aliphatic rings. The Morgan fingerprint density at radius 3 is 1.35 bits per heavy atom. The van der Waals surface area contributed by atoms with E-state index in [1.54, 1.807) is 0 Å². The number of rotatable bonds is 9. The van der Waals surface area contributed by atoms with Gasteiger partial charge in [-0.05, 0) is 128 Å². The van der Waals surface area contributed by atoms with Crippen LogP contribution in [-0.2, 0) is 0 Å². The highest BCUT2D eigenvalue weighted by Gasteiger charge is 2.16. The lowest BCUT2D eigenvalue weighted by Gasteiger charge is -2.26. The van der Waals surface area contributed by atoms with Crippen LogP contribution in [0.1, 0.15) is 5.56 Å². The predicted molar refractivity (Wildman–Crippen MR) is 266 cm³/mol. The van der Waals surface area contributed by atoms with Crippen molar-refractivity contribution in [3.8, 4) is 67.0 Å². The van der Waals surface area contributed by atoms with Crippen LogP contribution < -0.4 is 4.90 Å². The van der Waals surface area contributed by atoms with Crippen LogP contribution in [0.25, 0.3) is 88.7 Å². The molecule has 0 unspecified atom stereocenters. The highest BCUT2D eigenvalue weighted by Crippen LogP contribution is 2.40. The third kappa shape index (κ3) is 7.39. The number of furan rings is 1. The average Bonchev–Trinajstić information content (AvgIpc) is 3.71. The number of hydrogen-bond acceptors (Lipinski definition) is 2. The van der Waals surface area contributed by atoms with Crippen LogP contribution in [0.15, 0.2) is 247 Å². The SMILES string of the molecule is Cc1c(-c2cccc(-c3ccc(-c4ccc(N(c5ccc(-c6ccc7ccccc7c6)cc5)c5ccc(-c6ccccc6-c6ccccc6)cc5)cc4)cc3)c2)oc2ccccc12. The summed E-state index contributed by atoms with van der Waals surface area (Å²) in [7, 11) is 0. The van der Waals surface area contributed by atoms with Crippen molar-refractivity contribution in [2.24, 2.45) is 0 Å². The molecule has 0 fully saturated rings. The lowest BCUT2D eigenvalue weighted by molar-refractivity contribution is 0.629. The highest BCUT2D eigenvalue weighted by atomic mass is 16.3. The largest absolute Gasteiger partial charge is 0.456 e. The monoisotopic (exact) mass is 805 g/mol. The van der Waals surface area contributed by atoms with E-state index in [9.17, 15) is 0 Å². The minimum Gasteiger partial charge on any atom is -0.456 e. The Morgan fingerprint density at radius 1 is 0.302 bits per heavy atom. The van der Waals surface area contributed by atoms with Gasteiger partial charge in [0, 0.05) is 33.6 Å². The molecular weight excluding hydrogens is 763 g/mol. The van der Waals surface area contributed by atoms with E-state index in [0.29, 0.717) is 0 Å². The van der Waals surface area contributed by atoms with E-state index < -0.39 is 0 Å². The molecule has 2 nitrogen and oxygen atoms in total. The fourth-order valence-electron chi connectivity index (χ4n) is 8.96. The number of benzene rings is 10. The van der Waals surface area contributed by atoms with Gasteiger partial charge in [0.2, 0.25) is 0 Å². The Hall–Kier alpha value is -8.20. The molecule has 1 aromatic heterocycles. The first kappa shape index (κ1) is 37.8. The summed E-state index contributed by atoms with van der Waals surface area (Å²) in [6.07, 6.45) is 0. The van der Waals surface area contributed by atoms with Crippen molar-refractivity contribution in [3.05, 3.63) is 248 Å². The van der Waals surface area contributed by atoms with Crippen molar-refractivity contribution in [1.29, 1.82) is 0 Å². The van der Waals surface area contributed by atoms with E-state index in [1.807, 2.05) is 12.1 Å². The van der Waals surface area contributed by atoms with Gasteiger partial charge in [-0.3, -0.25) is 0 Å². The molecule has 0 aliphatic heterocycles. The summed E-state index contributed by atoms with van der Waals surface area (Å²) in [6, 6.07) is 87.1. The quantitative estimate of drug-likeness (QED) is 0.144. The normalized spacial score (nSPS) is 11.3. The van der Waals surface area contributed by atoms with Gasteiger partial charge in [-0.2, -0.15) is 0 Å². The van der Waals surface area contributed by atoms with Crippen LogP contribution in [0, 0.1) is 6.92 Å². The van der Waals surface area contributed by atoms with Crippen molar-refractivity contribution in [2.45, 2.75) is 6.92 Å². The molecule has 11 aromatic rings. The summed E-state index contributed by atoms with van der Waals surface area (Å²) in [5.41, 5.74) is 18.3. The summed E-state index contributed by atoms with van der Waals surface area (Å²) in [5.74, 6) is 0.925. The standard InChI is InChI=1S/C61H43NO/c1-42-57-18-9-10-21-60(57)63-61(42)53-17-11-16-51(41-53)46-24-22-44(23-25-46)45-28-34-54(35-29-45)62(55-36-30-47(31-37-55)52-27-26-43-12-5-6-15-50(43)40-52)56-38-32-49(33-39-56)59-20-8-7-19-58(59)48-13-3-2-4-14-48/h2-41H,1H3. The zero-order valence-electron chi connectivity index (χ0n) is 34.9. The number of hydrogen-bond donors (Lipinski definition) is 0. The van der Waals surface area contributed by atoms with Crippen LogP contribution in [-0.4, -0.2) is 0 Å². The van der Waals surface area contributed by atoms with E-state index in [1.165, 1.54) is 60.8 Å². The third-order valence-electron chi connectivity index (χ3n) is 12.3. The van der Waals surface area contributed by atoms with E-state index in [0.717, 1.165) is 50.5 Å². The van der Waals surface area contributed by atoms with Crippen molar-refractivity contribution >= 4 is 38.8 Å². The van der Waals surface area contributed by atoms with Gasteiger partial charge in [0.15, 0.2) is 0 Å². The summed E-state index contributed by atoms with van der Waals surface area (Å²) in [6.45, 7) is 2.14. The molecule has 10 aromatic carbocycles. The minimum absolute atomic E-state index is 0.919.